The Morgan fingerprint density at radius 1 is 1.03 bits per heavy atom. The first kappa shape index (κ1) is 19.6. The van der Waals surface area contributed by atoms with Crippen molar-refractivity contribution in [1.82, 2.24) is 19.6 Å². The van der Waals surface area contributed by atoms with Crippen molar-refractivity contribution in [2.75, 3.05) is 26.2 Å². The molecule has 0 N–H and O–H groups in total. The van der Waals surface area contributed by atoms with Gasteiger partial charge < -0.3 is 4.90 Å². The van der Waals surface area contributed by atoms with Crippen LogP contribution in [0.15, 0.2) is 60.9 Å². The van der Waals surface area contributed by atoms with Crippen LogP contribution >= 0.6 is 11.6 Å². The van der Waals surface area contributed by atoms with Gasteiger partial charge in [0.25, 0.3) is 5.91 Å². The maximum absolute atomic E-state index is 14.0. The Kier molecular flexibility index (Phi) is 5.92. The highest BCUT2D eigenvalue weighted by molar-refractivity contribution is 6.31. The standard InChI is InChI=1S/C22H22ClFN4O/c23-20-6-2-7-21(24)19(20)16-26-10-12-27(13-11-26)22(29)18-5-1-4-17(14-18)15-28-9-3-8-25-28/h1-9,14H,10-13,15-16H2. The van der Waals surface area contributed by atoms with Crippen LogP contribution in [0.25, 0.3) is 0 Å². The lowest BCUT2D eigenvalue weighted by Gasteiger charge is -2.35. The zero-order valence-corrected chi connectivity index (χ0v) is 16.7. The number of benzene rings is 2. The van der Waals surface area contributed by atoms with Crippen molar-refractivity contribution in [1.29, 1.82) is 0 Å². The summed E-state index contributed by atoms with van der Waals surface area (Å²) in [4.78, 5) is 16.9. The van der Waals surface area contributed by atoms with Gasteiger partial charge in [0.2, 0.25) is 0 Å². The van der Waals surface area contributed by atoms with Crippen molar-refractivity contribution in [3.05, 3.63) is 88.5 Å². The molecule has 1 aromatic heterocycles. The highest BCUT2D eigenvalue weighted by Crippen LogP contribution is 2.21. The normalized spacial score (nSPS) is 14.9. The fourth-order valence-corrected chi connectivity index (χ4v) is 3.81. The molecule has 1 aliphatic heterocycles. The monoisotopic (exact) mass is 412 g/mol. The summed E-state index contributed by atoms with van der Waals surface area (Å²) in [6.07, 6.45) is 3.64. The molecule has 150 valence electrons. The molecule has 3 aromatic rings. The van der Waals surface area contributed by atoms with E-state index in [-0.39, 0.29) is 11.7 Å². The predicted molar refractivity (Wildman–Crippen MR) is 110 cm³/mol. The van der Waals surface area contributed by atoms with Crippen LogP contribution < -0.4 is 0 Å². The Morgan fingerprint density at radius 2 is 1.83 bits per heavy atom. The first-order valence-electron chi connectivity index (χ1n) is 9.61. The van der Waals surface area contributed by atoms with Gasteiger partial charge in [0.1, 0.15) is 5.82 Å². The summed E-state index contributed by atoms with van der Waals surface area (Å²) in [6.45, 7) is 3.66. The third-order valence-electron chi connectivity index (χ3n) is 5.18. The molecule has 1 saturated heterocycles. The number of hydrogen-bond acceptors (Lipinski definition) is 3. The van der Waals surface area contributed by atoms with Gasteiger partial charge in [0.15, 0.2) is 0 Å². The van der Waals surface area contributed by atoms with Crippen molar-refractivity contribution < 1.29 is 9.18 Å². The summed E-state index contributed by atoms with van der Waals surface area (Å²) in [5.74, 6) is -0.263. The molecule has 7 heteroatoms. The number of aromatic nitrogens is 2. The average molecular weight is 413 g/mol. The van der Waals surface area contributed by atoms with Crippen LogP contribution in [0.5, 0.6) is 0 Å². The van der Waals surface area contributed by atoms with Crippen LogP contribution in [0.3, 0.4) is 0 Å². The van der Waals surface area contributed by atoms with E-state index in [1.54, 1.807) is 18.3 Å². The molecule has 1 amide bonds. The predicted octanol–water partition coefficient (Wildman–Crippen LogP) is 3.68. The molecule has 0 bridgehead atoms. The second-order valence-electron chi connectivity index (χ2n) is 7.17. The topological polar surface area (TPSA) is 41.4 Å². The van der Waals surface area contributed by atoms with Crippen LogP contribution in [0.2, 0.25) is 5.02 Å². The molecule has 2 aromatic carbocycles. The summed E-state index contributed by atoms with van der Waals surface area (Å²) < 4.78 is 15.9. The molecule has 0 aliphatic carbocycles. The molecule has 29 heavy (non-hydrogen) atoms. The zero-order chi connectivity index (χ0) is 20.2. The zero-order valence-electron chi connectivity index (χ0n) is 16.0. The Bertz CT molecular complexity index is 964. The van der Waals surface area contributed by atoms with E-state index < -0.39 is 0 Å². The molecule has 1 fully saturated rings. The Morgan fingerprint density at radius 3 is 2.55 bits per heavy atom. The lowest BCUT2D eigenvalue weighted by atomic mass is 10.1. The summed E-state index contributed by atoms with van der Waals surface area (Å²) in [6, 6.07) is 14.3. The highest BCUT2D eigenvalue weighted by atomic mass is 35.5. The van der Waals surface area contributed by atoms with E-state index >= 15 is 0 Å². The van der Waals surface area contributed by atoms with E-state index in [1.807, 2.05) is 46.1 Å². The van der Waals surface area contributed by atoms with Crippen molar-refractivity contribution in [2.45, 2.75) is 13.1 Å². The van der Waals surface area contributed by atoms with Crippen LogP contribution in [-0.2, 0) is 13.1 Å². The van der Waals surface area contributed by atoms with Gasteiger partial charge in [0.05, 0.1) is 6.54 Å². The SMILES string of the molecule is O=C(c1cccc(Cn2cccn2)c1)N1CCN(Cc2c(F)cccc2Cl)CC1. The third kappa shape index (κ3) is 4.66. The Balaban J connectivity index is 1.37. The number of hydrogen-bond donors (Lipinski definition) is 0. The van der Waals surface area contributed by atoms with Gasteiger partial charge in [-0.15, -0.1) is 0 Å². The van der Waals surface area contributed by atoms with Gasteiger partial charge in [-0.3, -0.25) is 14.4 Å². The molecule has 0 radical (unpaired) electrons. The second-order valence-corrected chi connectivity index (χ2v) is 7.58. The molecule has 0 unspecified atom stereocenters. The van der Waals surface area contributed by atoms with Gasteiger partial charge in [-0.25, -0.2) is 4.39 Å². The summed E-state index contributed by atoms with van der Waals surface area (Å²) in [5.41, 5.74) is 2.23. The molecule has 5 nitrogen and oxygen atoms in total. The van der Waals surface area contributed by atoms with Crippen molar-refractivity contribution >= 4 is 17.5 Å². The van der Waals surface area contributed by atoms with Gasteiger partial charge >= 0.3 is 0 Å². The first-order valence-corrected chi connectivity index (χ1v) is 9.99. The number of halogens is 2. The largest absolute Gasteiger partial charge is 0.336 e. The number of amides is 1. The maximum Gasteiger partial charge on any atom is 0.253 e. The van der Waals surface area contributed by atoms with Crippen molar-refractivity contribution in [3.8, 4) is 0 Å². The van der Waals surface area contributed by atoms with E-state index in [0.717, 1.165) is 5.56 Å². The lowest BCUT2D eigenvalue weighted by Crippen LogP contribution is -2.48. The number of piperazine rings is 1. The molecule has 4 rings (SSSR count). The Hall–Kier alpha value is -2.70. The van der Waals surface area contributed by atoms with Gasteiger partial charge in [-0.05, 0) is 35.9 Å². The number of carbonyl (C=O) groups is 1. The van der Waals surface area contributed by atoms with Gasteiger partial charge in [-0.1, -0.05) is 29.8 Å². The Labute approximate surface area is 174 Å². The fraction of sp³-hybridized carbons (Fsp3) is 0.273. The maximum atomic E-state index is 14.0. The van der Waals surface area contributed by atoms with Crippen LogP contribution in [-0.4, -0.2) is 51.7 Å². The van der Waals surface area contributed by atoms with E-state index in [0.29, 0.717) is 55.4 Å². The first-order chi connectivity index (χ1) is 14.1. The third-order valence-corrected chi connectivity index (χ3v) is 5.53. The molecule has 2 heterocycles. The van der Waals surface area contributed by atoms with E-state index in [2.05, 4.69) is 10.00 Å². The number of nitrogens with zero attached hydrogens (tertiary/aromatic N) is 4. The molecular weight excluding hydrogens is 391 g/mol. The molecular formula is C22H22ClFN4O. The van der Waals surface area contributed by atoms with Crippen molar-refractivity contribution in [2.24, 2.45) is 0 Å². The molecule has 1 aliphatic rings. The van der Waals surface area contributed by atoms with Gasteiger partial charge in [0, 0.05) is 61.3 Å². The highest BCUT2D eigenvalue weighted by Gasteiger charge is 2.23. The minimum atomic E-state index is -0.287. The minimum absolute atomic E-state index is 0.0240. The smallest absolute Gasteiger partial charge is 0.253 e. The fourth-order valence-electron chi connectivity index (χ4n) is 3.58. The summed E-state index contributed by atoms with van der Waals surface area (Å²) >= 11 is 6.14. The second kappa shape index (κ2) is 8.76. The van der Waals surface area contributed by atoms with E-state index in [1.165, 1.54) is 6.07 Å². The van der Waals surface area contributed by atoms with E-state index in [4.69, 9.17) is 11.6 Å². The number of rotatable bonds is 5. The molecule has 0 saturated carbocycles. The van der Waals surface area contributed by atoms with Crippen LogP contribution in [0, 0.1) is 5.82 Å². The summed E-state index contributed by atoms with van der Waals surface area (Å²) in [5, 5.41) is 4.65. The number of carbonyl (C=O) groups excluding carboxylic acids is 1. The van der Waals surface area contributed by atoms with Crippen molar-refractivity contribution in [3.63, 3.8) is 0 Å². The summed E-state index contributed by atoms with van der Waals surface area (Å²) in [7, 11) is 0. The average Bonchev–Trinajstić information content (AvgIpc) is 3.24. The quantitative estimate of drug-likeness (QED) is 0.642. The lowest BCUT2D eigenvalue weighted by molar-refractivity contribution is 0.0627. The van der Waals surface area contributed by atoms with Crippen LogP contribution in [0.4, 0.5) is 4.39 Å². The van der Waals surface area contributed by atoms with Crippen LogP contribution in [0.1, 0.15) is 21.5 Å². The van der Waals surface area contributed by atoms with Gasteiger partial charge in [-0.2, -0.15) is 5.10 Å². The molecule has 0 spiro atoms. The molecule has 0 atom stereocenters. The van der Waals surface area contributed by atoms with E-state index in [9.17, 15) is 9.18 Å². The minimum Gasteiger partial charge on any atom is -0.336 e.